The molecule has 0 N–H and O–H groups in total. The van der Waals surface area contributed by atoms with Gasteiger partial charge in [-0.15, -0.1) is 0 Å². The monoisotopic (exact) mass is 949 g/mol. The van der Waals surface area contributed by atoms with Crippen LogP contribution in [0.25, 0.3) is 16.9 Å². The van der Waals surface area contributed by atoms with Crippen molar-refractivity contribution in [2.24, 2.45) is 0 Å². The van der Waals surface area contributed by atoms with Crippen LogP contribution in [-0.2, 0) is 27.3 Å². The molecular formula is C63H106N2Ni. The Hall–Kier alpha value is -2.25. The number of unbranched alkanes of at least 4 members (excludes halogenated alkanes) is 26. The van der Waals surface area contributed by atoms with Crippen LogP contribution in [0, 0.1) is 0 Å². The first-order valence-corrected chi connectivity index (χ1v) is 30.2. The van der Waals surface area contributed by atoms with Crippen molar-refractivity contribution in [1.82, 2.24) is 0 Å². The third kappa shape index (κ3) is 27.1. The molecule has 0 spiro atoms. The van der Waals surface area contributed by atoms with E-state index in [1.807, 2.05) is 14.4 Å². The van der Waals surface area contributed by atoms with E-state index in [2.05, 4.69) is 102 Å². The first kappa shape index (κ1) is 59.9. The summed E-state index contributed by atoms with van der Waals surface area (Å²) in [5.41, 5.74) is 22.2. The molecule has 0 fully saturated rings. The number of hydrogen-bond donors (Lipinski definition) is 0. The summed E-state index contributed by atoms with van der Waals surface area (Å²) in [6.45, 7) is 13.7. The van der Waals surface area contributed by atoms with Gasteiger partial charge in [-0.25, -0.2) is 4.70 Å². The normalized spacial score (nSPS) is 12.9. The van der Waals surface area contributed by atoms with Gasteiger partial charge in [0, 0.05) is 22.3 Å². The van der Waals surface area contributed by atoms with Crippen LogP contribution < -0.4 is 0 Å². The molecule has 1 aliphatic rings. The molecule has 0 saturated carbocycles. The van der Waals surface area contributed by atoms with E-state index in [0.717, 1.165) is 62.8 Å². The van der Waals surface area contributed by atoms with Crippen molar-refractivity contribution in [1.29, 1.82) is 0 Å². The van der Waals surface area contributed by atoms with E-state index in [4.69, 9.17) is 0 Å². The van der Waals surface area contributed by atoms with E-state index in [1.54, 1.807) is 4.70 Å². The predicted molar refractivity (Wildman–Crippen MR) is 292 cm³/mol. The number of hydrogen-bond acceptors (Lipinski definition) is 0. The van der Waals surface area contributed by atoms with E-state index in [-0.39, 0.29) is 0 Å². The molecule has 0 radical (unpaired) electrons. The average molecular weight is 950 g/mol. The zero-order valence-corrected chi connectivity index (χ0v) is 45.5. The van der Waals surface area contributed by atoms with Gasteiger partial charge in [0.05, 0.1) is 0 Å². The number of rotatable bonds is 42. The van der Waals surface area contributed by atoms with Crippen molar-refractivity contribution >= 4 is 11.4 Å². The zero-order chi connectivity index (χ0) is 47.6. The summed E-state index contributed by atoms with van der Waals surface area (Å²) >= 11 is 2.01. The molecule has 378 valence electrons. The maximum absolute atomic E-state index is 12.2. The van der Waals surface area contributed by atoms with Crippen LogP contribution in [0.3, 0.4) is 0 Å². The number of aryl methyl sites for hydroxylation is 2. The minimum atomic E-state index is 1.02. The van der Waals surface area contributed by atoms with Gasteiger partial charge in [0.25, 0.3) is 0 Å². The van der Waals surface area contributed by atoms with Crippen LogP contribution in [0.15, 0.2) is 71.8 Å². The van der Waals surface area contributed by atoms with Crippen molar-refractivity contribution < 1.29 is 19.1 Å². The van der Waals surface area contributed by atoms with Gasteiger partial charge in [-0.3, -0.25) is 0 Å². The Morgan fingerprint density at radius 1 is 0.409 bits per heavy atom. The Kier molecular flexibility index (Phi) is 38.9. The summed E-state index contributed by atoms with van der Waals surface area (Å²) in [6.07, 6.45) is 53.3. The summed E-state index contributed by atoms with van der Waals surface area (Å²) < 4.78 is 1.61. The van der Waals surface area contributed by atoms with Crippen molar-refractivity contribution in [2.45, 2.75) is 290 Å². The fourth-order valence-corrected chi connectivity index (χ4v) is 10.7. The molecule has 1 heterocycles. The standard InChI is InChI=1S/C45H68N2.2C9H19.Ni/c1-5-9-13-15-17-18-19-20-21-22-24-31-39-32-26-27-35-41(39)45-43(34-12-8-4)42(36-25-23-16-14-10-6-2)44(47(45)46)40-33-28-30-38(37-40)29-11-7-3;2*1-3-5-7-9-8-6-4-2;/h20-21,26-28,30,32-33,35,37H,5-19,22-25,29,31,34,36H2,1-4H3;2*1,3-9H2,2H3;. The Bertz CT molecular complexity index is 1550. The SMILES string of the molecule is CCCCCCCCC=CCCCc1ccccc1C1=C(CCCC)C(CCCCCCCC)=C(c2cccc(CCCC)c2)[N+]1=[N-].CCCCCCCC[CH2][Ni][CH2]CCCCCCCC. The Morgan fingerprint density at radius 3 is 1.44 bits per heavy atom. The molecule has 2 nitrogen and oxygen atoms in total. The van der Waals surface area contributed by atoms with Gasteiger partial charge in [0.1, 0.15) is 0 Å². The Morgan fingerprint density at radius 2 is 0.864 bits per heavy atom. The van der Waals surface area contributed by atoms with Gasteiger partial charge >= 0.3 is 129 Å². The predicted octanol–water partition coefficient (Wildman–Crippen LogP) is 22.2. The van der Waals surface area contributed by atoms with Crippen molar-refractivity contribution in [3.8, 4) is 0 Å². The summed E-state index contributed by atoms with van der Waals surface area (Å²) in [6, 6.07) is 17.9. The molecular weight excluding hydrogens is 843 g/mol. The topological polar surface area (TPSA) is 25.3 Å². The van der Waals surface area contributed by atoms with Crippen molar-refractivity contribution in [3.63, 3.8) is 0 Å². The van der Waals surface area contributed by atoms with Gasteiger partial charge < -0.3 is 5.53 Å². The molecule has 0 bridgehead atoms. The van der Waals surface area contributed by atoms with E-state index in [9.17, 15) is 5.53 Å². The summed E-state index contributed by atoms with van der Waals surface area (Å²) in [5.74, 6) is 0. The average Bonchev–Trinajstić information content (AvgIpc) is 3.61. The van der Waals surface area contributed by atoms with E-state index < -0.39 is 0 Å². The first-order chi connectivity index (χ1) is 32.6. The molecule has 0 aromatic heterocycles. The van der Waals surface area contributed by atoms with Crippen LogP contribution in [0.5, 0.6) is 0 Å². The van der Waals surface area contributed by atoms with E-state index >= 15 is 0 Å². The van der Waals surface area contributed by atoms with Crippen LogP contribution in [0.1, 0.15) is 289 Å². The summed E-state index contributed by atoms with van der Waals surface area (Å²) in [5, 5.41) is 2.85. The molecule has 0 unspecified atom stereocenters. The molecule has 0 saturated heterocycles. The summed E-state index contributed by atoms with van der Waals surface area (Å²) in [7, 11) is 0. The second-order valence-electron chi connectivity index (χ2n) is 19.7. The molecule has 2 aromatic rings. The minimum absolute atomic E-state index is 1.02. The zero-order valence-electron chi connectivity index (χ0n) is 44.6. The number of allylic oxidation sites excluding steroid dienone is 4. The Labute approximate surface area is 417 Å². The van der Waals surface area contributed by atoms with Crippen LogP contribution in [0.4, 0.5) is 0 Å². The molecule has 1 aliphatic heterocycles. The summed E-state index contributed by atoms with van der Waals surface area (Å²) in [4.78, 5) is 0. The second kappa shape index (κ2) is 42.8. The third-order valence-corrected chi connectivity index (χ3v) is 15.0. The van der Waals surface area contributed by atoms with Crippen LogP contribution >= 0.6 is 0 Å². The van der Waals surface area contributed by atoms with E-state index in [0.29, 0.717) is 0 Å². The maximum atomic E-state index is 12.2. The molecule has 3 rings (SSSR count). The molecule has 3 heteroatoms. The van der Waals surface area contributed by atoms with Crippen molar-refractivity contribution in [3.05, 3.63) is 99.6 Å². The fraction of sp³-hybridized carbons (Fsp3) is 0.714. The van der Waals surface area contributed by atoms with Gasteiger partial charge in [0.15, 0.2) is 0 Å². The van der Waals surface area contributed by atoms with Gasteiger partial charge in [-0.05, 0) is 100.0 Å². The van der Waals surface area contributed by atoms with Gasteiger partial charge in [-0.1, -0.05) is 147 Å². The third-order valence-electron chi connectivity index (χ3n) is 13.6. The first-order valence-electron chi connectivity index (χ1n) is 28.8. The number of nitrogens with zero attached hydrogens (tertiary/aromatic N) is 2. The molecule has 2 aromatic carbocycles. The Balaban J connectivity index is 0.000000661. The van der Waals surface area contributed by atoms with Crippen molar-refractivity contribution in [2.75, 3.05) is 0 Å². The second-order valence-corrected chi connectivity index (χ2v) is 21.2. The van der Waals surface area contributed by atoms with Crippen LogP contribution in [0.2, 0.25) is 10.8 Å². The van der Waals surface area contributed by atoms with Crippen LogP contribution in [-0.4, -0.2) is 4.70 Å². The molecule has 0 aliphatic carbocycles. The molecule has 0 atom stereocenters. The van der Waals surface area contributed by atoms with E-state index in [1.165, 1.54) is 230 Å². The molecule has 66 heavy (non-hydrogen) atoms. The number of benzene rings is 2. The van der Waals surface area contributed by atoms with Gasteiger partial charge in [0.2, 0.25) is 11.4 Å². The quantitative estimate of drug-likeness (QED) is 0.0274. The fourth-order valence-electron chi connectivity index (χ4n) is 9.42. The van der Waals surface area contributed by atoms with Gasteiger partial charge in [-0.2, -0.15) is 0 Å². The molecule has 0 amide bonds.